The first kappa shape index (κ1) is 38.2. The van der Waals surface area contributed by atoms with Gasteiger partial charge in [-0.2, -0.15) is 4.57 Å². The van der Waals surface area contributed by atoms with E-state index in [4.69, 9.17) is 0 Å². The third-order valence-electron chi connectivity index (χ3n) is 10.9. The van der Waals surface area contributed by atoms with Gasteiger partial charge in [-0.25, -0.2) is 0 Å². The lowest BCUT2D eigenvalue weighted by Gasteiger charge is -2.36. The lowest BCUT2D eigenvalue weighted by atomic mass is 10.0. The minimum Gasteiger partial charge on any atom is -0.335 e. The second-order valence-electron chi connectivity index (χ2n) is 14.0. The van der Waals surface area contributed by atoms with Crippen LogP contribution in [0.2, 0.25) is 0 Å². The number of thioether (sulfide) groups is 1. The number of pyridine rings is 1. The van der Waals surface area contributed by atoms with Crippen LogP contribution in [0, 0.1) is 0 Å². The Bertz CT molecular complexity index is 1400. The Kier molecular flexibility index (Phi) is 17.1. The molecule has 262 valence electrons. The molecule has 0 saturated carbocycles. The van der Waals surface area contributed by atoms with E-state index < -0.39 is 0 Å². The second-order valence-corrected chi connectivity index (χ2v) is 15.1. The molecule has 0 atom stereocenters. The van der Waals surface area contributed by atoms with Gasteiger partial charge >= 0.3 is 0 Å². The molecule has 0 N–H and O–H groups in total. The molecule has 0 fully saturated rings. The standard InChI is InChI=1S/C44H67N3S/c1-5-9-10-11-12-13-14-15-16-17-18-19-20-25-35-45-37-34-39(40-29-21-22-30-41(40)45)28-26-33-44-46(42-31-23-24-32-43(42)48-44)36-27-38-47(6-2,7-3)8-4/h21-24,26,28-34,37H,5-20,25,27,35-36,38H2,1-4H3/q+2. The first-order chi connectivity index (χ1) is 23.6. The van der Waals surface area contributed by atoms with Gasteiger partial charge in [-0.05, 0) is 57.0 Å². The summed E-state index contributed by atoms with van der Waals surface area (Å²) in [6, 6.07) is 20.2. The van der Waals surface area contributed by atoms with Crippen LogP contribution < -0.4 is 9.47 Å². The SMILES string of the molecule is CCCCCCCCCCCCCCCC[n+]1ccc(C=CC=C2Sc3ccccc3N2CCC[N+](CC)(CC)CC)c2ccccc21. The van der Waals surface area contributed by atoms with Gasteiger partial charge < -0.3 is 9.38 Å². The number of benzene rings is 2. The molecule has 0 amide bonds. The van der Waals surface area contributed by atoms with E-state index in [1.54, 1.807) is 0 Å². The van der Waals surface area contributed by atoms with Crippen LogP contribution in [-0.2, 0) is 6.54 Å². The lowest BCUT2D eigenvalue weighted by molar-refractivity contribution is -0.923. The topological polar surface area (TPSA) is 7.12 Å². The van der Waals surface area contributed by atoms with Gasteiger partial charge in [-0.15, -0.1) is 0 Å². The van der Waals surface area contributed by atoms with Gasteiger partial charge in [0.2, 0.25) is 5.52 Å². The van der Waals surface area contributed by atoms with Gasteiger partial charge in [0.25, 0.3) is 0 Å². The summed E-state index contributed by atoms with van der Waals surface area (Å²) >= 11 is 1.91. The summed E-state index contributed by atoms with van der Waals surface area (Å²) in [4.78, 5) is 3.92. The van der Waals surface area contributed by atoms with Gasteiger partial charge in [-0.3, -0.25) is 0 Å². The Hall–Kier alpha value is -2.56. The number of nitrogens with zero attached hydrogens (tertiary/aromatic N) is 3. The van der Waals surface area contributed by atoms with Crippen LogP contribution in [0.1, 0.15) is 130 Å². The Balaban J connectivity index is 1.27. The molecular formula is C44H67N3S+2. The number of quaternary nitrogens is 1. The number of allylic oxidation sites excluding steroid dienone is 2. The van der Waals surface area contributed by atoms with Crippen molar-refractivity contribution in [2.75, 3.05) is 37.6 Å². The van der Waals surface area contributed by atoms with Gasteiger partial charge in [0.05, 0.1) is 42.3 Å². The first-order valence-corrected chi connectivity index (χ1v) is 20.7. The average molecular weight is 670 g/mol. The quantitative estimate of drug-likeness (QED) is 0.0532. The summed E-state index contributed by atoms with van der Waals surface area (Å²) in [5, 5.41) is 2.68. The van der Waals surface area contributed by atoms with Crippen LogP contribution in [0.15, 0.2) is 82.9 Å². The molecule has 0 saturated heterocycles. The molecule has 3 aromatic rings. The normalized spacial score (nSPS) is 14.2. The molecule has 2 aromatic carbocycles. The molecule has 0 radical (unpaired) electrons. The summed E-state index contributed by atoms with van der Waals surface area (Å²) < 4.78 is 3.68. The van der Waals surface area contributed by atoms with E-state index in [0.717, 1.165) is 13.1 Å². The fourth-order valence-electron chi connectivity index (χ4n) is 7.48. The zero-order chi connectivity index (χ0) is 33.9. The summed E-state index contributed by atoms with van der Waals surface area (Å²) in [5.41, 5.74) is 4.00. The molecule has 3 nitrogen and oxygen atoms in total. The van der Waals surface area contributed by atoms with Crippen molar-refractivity contribution in [3.8, 4) is 0 Å². The molecule has 1 aromatic heterocycles. The molecule has 1 aliphatic rings. The van der Waals surface area contributed by atoms with E-state index in [0.29, 0.717) is 0 Å². The fraction of sp³-hybridized carbons (Fsp3) is 0.568. The Morgan fingerprint density at radius 2 is 1.27 bits per heavy atom. The number of anilines is 1. The molecule has 0 spiro atoms. The number of fused-ring (bicyclic) bond motifs is 2. The highest BCUT2D eigenvalue weighted by Crippen LogP contribution is 2.45. The van der Waals surface area contributed by atoms with Crippen LogP contribution in [0.4, 0.5) is 5.69 Å². The predicted molar refractivity (Wildman–Crippen MR) is 213 cm³/mol. The molecule has 0 bridgehead atoms. The number of hydrogen-bond acceptors (Lipinski definition) is 2. The third kappa shape index (κ3) is 11.5. The highest BCUT2D eigenvalue weighted by molar-refractivity contribution is 8.03. The maximum atomic E-state index is 2.55. The van der Waals surface area contributed by atoms with Crippen molar-refractivity contribution in [3.05, 3.63) is 83.5 Å². The number of hydrogen-bond donors (Lipinski definition) is 0. The molecule has 4 heteroatoms. The monoisotopic (exact) mass is 670 g/mol. The van der Waals surface area contributed by atoms with Crippen LogP contribution in [0.5, 0.6) is 0 Å². The minimum atomic E-state index is 1.07. The molecule has 0 aliphatic carbocycles. The lowest BCUT2D eigenvalue weighted by Crippen LogP contribution is -2.48. The summed E-state index contributed by atoms with van der Waals surface area (Å²) in [7, 11) is 0. The maximum Gasteiger partial charge on any atom is 0.213 e. The van der Waals surface area contributed by atoms with Gasteiger partial charge in [-0.1, -0.05) is 132 Å². The van der Waals surface area contributed by atoms with Crippen molar-refractivity contribution in [1.29, 1.82) is 0 Å². The molecule has 2 heterocycles. The number of para-hydroxylation sites is 2. The van der Waals surface area contributed by atoms with Crippen LogP contribution in [0.25, 0.3) is 17.0 Å². The smallest absolute Gasteiger partial charge is 0.213 e. The number of unbranched alkanes of at least 4 members (excludes halogenated alkanes) is 13. The van der Waals surface area contributed by atoms with E-state index in [9.17, 15) is 0 Å². The van der Waals surface area contributed by atoms with Crippen molar-refractivity contribution in [2.45, 2.75) is 135 Å². The summed E-state index contributed by atoms with van der Waals surface area (Å²) in [6.45, 7) is 16.4. The molecule has 48 heavy (non-hydrogen) atoms. The molecule has 4 rings (SSSR count). The highest BCUT2D eigenvalue weighted by Gasteiger charge is 2.26. The number of aryl methyl sites for hydroxylation is 1. The maximum absolute atomic E-state index is 2.55. The number of aromatic nitrogens is 1. The van der Waals surface area contributed by atoms with Crippen LogP contribution >= 0.6 is 11.8 Å². The van der Waals surface area contributed by atoms with Gasteiger partial charge in [0.1, 0.15) is 6.54 Å². The molecular weight excluding hydrogens is 603 g/mol. The van der Waals surface area contributed by atoms with E-state index in [2.05, 4.69) is 116 Å². The van der Waals surface area contributed by atoms with Crippen molar-refractivity contribution < 1.29 is 9.05 Å². The van der Waals surface area contributed by atoms with Crippen molar-refractivity contribution in [2.24, 2.45) is 0 Å². The molecule has 1 aliphatic heterocycles. The van der Waals surface area contributed by atoms with E-state index >= 15 is 0 Å². The average Bonchev–Trinajstić information content (AvgIpc) is 3.48. The zero-order valence-electron chi connectivity index (χ0n) is 31.1. The van der Waals surface area contributed by atoms with Crippen LogP contribution in [0.3, 0.4) is 0 Å². The van der Waals surface area contributed by atoms with E-state index in [-0.39, 0.29) is 0 Å². The largest absolute Gasteiger partial charge is 0.335 e. The first-order valence-electron chi connectivity index (χ1n) is 19.8. The van der Waals surface area contributed by atoms with Gasteiger partial charge in [0.15, 0.2) is 6.20 Å². The molecule has 0 unspecified atom stereocenters. The van der Waals surface area contributed by atoms with Crippen molar-refractivity contribution in [1.82, 2.24) is 0 Å². The van der Waals surface area contributed by atoms with Crippen molar-refractivity contribution in [3.63, 3.8) is 0 Å². The Labute approximate surface area is 299 Å². The van der Waals surface area contributed by atoms with Crippen molar-refractivity contribution >= 4 is 34.4 Å². The Morgan fingerprint density at radius 3 is 1.94 bits per heavy atom. The predicted octanol–water partition coefficient (Wildman–Crippen LogP) is 12.3. The Morgan fingerprint density at radius 1 is 0.667 bits per heavy atom. The van der Waals surface area contributed by atoms with E-state index in [1.165, 1.54) is 159 Å². The highest BCUT2D eigenvalue weighted by atomic mass is 32.2. The third-order valence-corrected chi connectivity index (χ3v) is 12.0. The van der Waals surface area contributed by atoms with Gasteiger partial charge in [0, 0.05) is 36.4 Å². The summed E-state index contributed by atoms with van der Waals surface area (Å²) in [6.07, 6.45) is 30.1. The number of rotatable bonds is 24. The van der Waals surface area contributed by atoms with Crippen LogP contribution in [-0.4, -0.2) is 37.2 Å². The fourth-order valence-corrected chi connectivity index (χ4v) is 8.58. The second kappa shape index (κ2) is 21.5. The summed E-state index contributed by atoms with van der Waals surface area (Å²) in [5.74, 6) is 0. The zero-order valence-corrected chi connectivity index (χ0v) is 31.9. The minimum absolute atomic E-state index is 1.07. The van der Waals surface area contributed by atoms with E-state index in [1.807, 2.05) is 11.8 Å².